The zero-order chi connectivity index (χ0) is 13.8. The first kappa shape index (κ1) is 13.8. The number of hydrogen-bond donors (Lipinski definition) is 2. The van der Waals surface area contributed by atoms with Crippen LogP contribution >= 0.6 is 0 Å². The highest BCUT2D eigenvalue weighted by molar-refractivity contribution is 5.57. The third-order valence-electron chi connectivity index (χ3n) is 3.76. The predicted octanol–water partition coefficient (Wildman–Crippen LogP) is 2.68. The first-order chi connectivity index (χ1) is 9.11. The van der Waals surface area contributed by atoms with Gasteiger partial charge in [-0.3, -0.25) is 0 Å². The smallest absolute Gasteiger partial charge is 0.144 e. The second-order valence-corrected chi connectivity index (χ2v) is 5.37. The second-order valence-electron chi connectivity index (χ2n) is 5.37. The number of hydrogen-bond acceptors (Lipinski definition) is 4. The fourth-order valence-electron chi connectivity index (χ4n) is 2.71. The number of nitriles is 1. The second kappa shape index (κ2) is 6.03. The van der Waals surface area contributed by atoms with E-state index in [1.807, 2.05) is 19.9 Å². The highest BCUT2D eigenvalue weighted by Gasteiger charge is 2.23. The Morgan fingerprint density at radius 3 is 2.79 bits per heavy atom. The van der Waals surface area contributed by atoms with E-state index in [9.17, 15) is 10.4 Å². The lowest BCUT2D eigenvalue weighted by molar-refractivity contribution is 0.144. The molecule has 1 aliphatic rings. The number of aliphatic hydroxyl groups excluding tert-OH is 1. The average molecular weight is 259 g/mol. The highest BCUT2D eigenvalue weighted by atomic mass is 16.3. The molecule has 0 bridgehead atoms. The van der Waals surface area contributed by atoms with Gasteiger partial charge in [-0.25, -0.2) is 4.98 Å². The maximum absolute atomic E-state index is 10.1. The fourth-order valence-corrected chi connectivity index (χ4v) is 2.71. The van der Waals surface area contributed by atoms with Crippen molar-refractivity contribution in [2.45, 2.75) is 58.1 Å². The highest BCUT2D eigenvalue weighted by Crippen LogP contribution is 2.24. The number of pyridine rings is 1. The van der Waals surface area contributed by atoms with Crippen molar-refractivity contribution in [1.29, 1.82) is 5.26 Å². The van der Waals surface area contributed by atoms with Gasteiger partial charge in [0.1, 0.15) is 11.9 Å². The van der Waals surface area contributed by atoms with Crippen LogP contribution in [0.5, 0.6) is 0 Å². The Hall–Kier alpha value is -1.60. The molecule has 1 saturated carbocycles. The van der Waals surface area contributed by atoms with Gasteiger partial charge >= 0.3 is 0 Å². The molecule has 1 heterocycles. The van der Waals surface area contributed by atoms with Crippen LogP contribution < -0.4 is 5.32 Å². The predicted molar refractivity (Wildman–Crippen MR) is 74.9 cm³/mol. The van der Waals surface area contributed by atoms with E-state index in [1.54, 1.807) is 0 Å². The maximum Gasteiger partial charge on any atom is 0.144 e. The molecule has 102 valence electrons. The Morgan fingerprint density at radius 1 is 1.32 bits per heavy atom. The van der Waals surface area contributed by atoms with Crippen molar-refractivity contribution < 1.29 is 5.11 Å². The quantitative estimate of drug-likeness (QED) is 0.801. The van der Waals surface area contributed by atoms with Gasteiger partial charge in [-0.15, -0.1) is 0 Å². The van der Waals surface area contributed by atoms with Crippen LogP contribution in [0.2, 0.25) is 0 Å². The van der Waals surface area contributed by atoms with Crippen LogP contribution in [0.3, 0.4) is 0 Å². The summed E-state index contributed by atoms with van der Waals surface area (Å²) >= 11 is 0. The van der Waals surface area contributed by atoms with Crippen molar-refractivity contribution in [3.05, 3.63) is 22.9 Å². The van der Waals surface area contributed by atoms with E-state index in [-0.39, 0.29) is 12.1 Å². The van der Waals surface area contributed by atoms with Crippen LogP contribution in [0, 0.1) is 25.2 Å². The van der Waals surface area contributed by atoms with Gasteiger partial charge in [0.2, 0.25) is 0 Å². The van der Waals surface area contributed by atoms with Gasteiger partial charge in [0.15, 0.2) is 0 Å². The van der Waals surface area contributed by atoms with Crippen molar-refractivity contribution in [2.24, 2.45) is 0 Å². The lowest BCUT2D eigenvalue weighted by Crippen LogP contribution is -2.33. The minimum Gasteiger partial charge on any atom is -0.391 e. The first-order valence-corrected chi connectivity index (χ1v) is 6.94. The lowest BCUT2D eigenvalue weighted by Gasteiger charge is -2.23. The summed E-state index contributed by atoms with van der Waals surface area (Å²) in [5.41, 5.74) is 2.41. The van der Waals surface area contributed by atoms with Crippen LogP contribution in [-0.4, -0.2) is 22.2 Å². The van der Waals surface area contributed by atoms with Crippen molar-refractivity contribution in [1.82, 2.24) is 4.98 Å². The fraction of sp³-hybridized carbons (Fsp3) is 0.600. The van der Waals surface area contributed by atoms with Crippen molar-refractivity contribution >= 4 is 5.82 Å². The number of nitrogens with zero attached hydrogens (tertiary/aromatic N) is 2. The molecule has 2 rings (SSSR count). The summed E-state index contributed by atoms with van der Waals surface area (Å²) in [4.78, 5) is 4.42. The Balaban J connectivity index is 2.24. The molecule has 0 aromatic carbocycles. The molecular weight excluding hydrogens is 238 g/mol. The van der Waals surface area contributed by atoms with E-state index in [1.165, 1.54) is 6.42 Å². The average Bonchev–Trinajstić information content (AvgIpc) is 2.54. The van der Waals surface area contributed by atoms with Crippen LogP contribution in [0.4, 0.5) is 5.82 Å². The third kappa shape index (κ3) is 3.24. The van der Waals surface area contributed by atoms with Gasteiger partial charge < -0.3 is 10.4 Å². The first-order valence-electron chi connectivity index (χ1n) is 6.94. The van der Waals surface area contributed by atoms with Crippen LogP contribution in [-0.2, 0) is 0 Å². The van der Waals surface area contributed by atoms with Crippen LogP contribution in [0.25, 0.3) is 0 Å². The Labute approximate surface area is 114 Å². The molecule has 4 nitrogen and oxygen atoms in total. The minimum atomic E-state index is -0.350. The summed E-state index contributed by atoms with van der Waals surface area (Å²) in [5.74, 6) is 0.617. The molecule has 2 N–H and O–H groups in total. The molecule has 0 aliphatic heterocycles. The molecule has 0 saturated heterocycles. The van der Waals surface area contributed by atoms with Gasteiger partial charge in [0.05, 0.1) is 17.7 Å². The summed E-state index contributed by atoms with van der Waals surface area (Å²) in [5, 5.41) is 22.7. The topological polar surface area (TPSA) is 68.9 Å². The molecule has 2 unspecified atom stereocenters. The number of rotatable bonds is 2. The third-order valence-corrected chi connectivity index (χ3v) is 3.76. The molecule has 1 aliphatic carbocycles. The van der Waals surface area contributed by atoms with E-state index in [0.717, 1.165) is 36.9 Å². The largest absolute Gasteiger partial charge is 0.391 e. The molecule has 0 radical (unpaired) electrons. The molecule has 4 heteroatoms. The lowest BCUT2D eigenvalue weighted by atomic mass is 10.0. The van der Waals surface area contributed by atoms with Gasteiger partial charge in [0, 0.05) is 5.69 Å². The summed E-state index contributed by atoms with van der Waals surface area (Å²) in [6, 6.07) is 4.12. The van der Waals surface area contributed by atoms with E-state index in [0.29, 0.717) is 11.4 Å². The number of nitrogens with one attached hydrogen (secondary N) is 1. The van der Waals surface area contributed by atoms with Crippen molar-refractivity contribution in [3.63, 3.8) is 0 Å². The zero-order valence-electron chi connectivity index (χ0n) is 11.6. The molecule has 19 heavy (non-hydrogen) atoms. The van der Waals surface area contributed by atoms with E-state index in [4.69, 9.17) is 0 Å². The monoisotopic (exact) mass is 259 g/mol. The zero-order valence-corrected chi connectivity index (χ0v) is 11.6. The van der Waals surface area contributed by atoms with E-state index in [2.05, 4.69) is 16.4 Å². The van der Waals surface area contributed by atoms with Gasteiger partial charge in [-0.05, 0) is 38.3 Å². The van der Waals surface area contributed by atoms with Crippen molar-refractivity contribution in [2.75, 3.05) is 5.32 Å². The minimum absolute atomic E-state index is 0.00306. The number of aryl methyl sites for hydroxylation is 2. The molecular formula is C15H21N3O. The molecule has 1 aromatic heterocycles. The molecule has 0 spiro atoms. The number of anilines is 1. The Bertz CT molecular complexity index is 493. The van der Waals surface area contributed by atoms with E-state index >= 15 is 0 Å². The van der Waals surface area contributed by atoms with Gasteiger partial charge in [-0.2, -0.15) is 5.26 Å². The maximum atomic E-state index is 10.1. The molecule has 0 amide bonds. The summed E-state index contributed by atoms with van der Waals surface area (Å²) in [6.45, 7) is 3.84. The summed E-state index contributed by atoms with van der Waals surface area (Å²) in [7, 11) is 0. The van der Waals surface area contributed by atoms with Crippen LogP contribution in [0.15, 0.2) is 6.07 Å². The molecule has 1 fully saturated rings. The Kier molecular flexibility index (Phi) is 4.39. The molecule has 2 atom stereocenters. The number of aliphatic hydroxyl groups is 1. The summed E-state index contributed by atoms with van der Waals surface area (Å²) in [6.07, 6.45) is 4.76. The van der Waals surface area contributed by atoms with Crippen LogP contribution in [0.1, 0.15) is 48.9 Å². The van der Waals surface area contributed by atoms with Gasteiger partial charge in [-0.1, -0.05) is 19.3 Å². The Morgan fingerprint density at radius 2 is 2.05 bits per heavy atom. The molecule has 1 aromatic rings. The van der Waals surface area contributed by atoms with Crippen molar-refractivity contribution in [3.8, 4) is 6.07 Å². The number of aromatic nitrogens is 1. The SMILES string of the molecule is Cc1cc(C)c(C#N)c(NC2CCCCCC2O)n1. The standard InChI is InChI=1S/C15H21N3O/c1-10-8-11(2)17-15(12(10)9-16)18-13-6-4-3-5-7-14(13)19/h8,13-14,19H,3-7H2,1-2H3,(H,17,18). The van der Waals surface area contributed by atoms with Gasteiger partial charge in [0.25, 0.3) is 0 Å². The summed E-state index contributed by atoms with van der Waals surface area (Å²) < 4.78 is 0. The normalized spacial score (nSPS) is 23.5. The van der Waals surface area contributed by atoms with E-state index < -0.39 is 0 Å².